The second-order valence-electron chi connectivity index (χ2n) is 14.2. The molecule has 0 radical (unpaired) electrons. The Labute approximate surface area is 310 Å². The first-order valence-electron chi connectivity index (χ1n) is 18.4. The second kappa shape index (κ2) is 11.1. The number of rotatable bonds is 4. The lowest BCUT2D eigenvalue weighted by molar-refractivity contribution is 1.18. The van der Waals surface area contributed by atoms with Crippen molar-refractivity contribution in [2.24, 2.45) is 0 Å². The van der Waals surface area contributed by atoms with Gasteiger partial charge in [0.05, 0.1) is 39.0 Å². The maximum Gasteiger partial charge on any atom is 0.0788 e. The Morgan fingerprint density at radius 1 is 0.370 bits per heavy atom. The molecule has 0 N–H and O–H groups in total. The lowest BCUT2D eigenvalue weighted by atomic mass is 10.00. The number of benzene rings is 7. The van der Waals surface area contributed by atoms with Gasteiger partial charge in [0, 0.05) is 61.2 Å². The number of hydrogen-bond acceptors (Lipinski definition) is 2. The Kier molecular flexibility index (Phi) is 6.02. The van der Waals surface area contributed by atoms with Crippen LogP contribution < -0.4 is 0 Å². The summed E-state index contributed by atoms with van der Waals surface area (Å²) in [6, 6.07) is 63.5. The normalized spacial score (nSPS) is 12.1. The molecule has 11 aromatic rings. The van der Waals surface area contributed by atoms with E-state index >= 15 is 0 Å². The molecule has 4 heterocycles. The van der Waals surface area contributed by atoms with Gasteiger partial charge < -0.3 is 9.13 Å². The topological polar surface area (TPSA) is 35.6 Å². The van der Waals surface area contributed by atoms with Gasteiger partial charge in [-0.15, -0.1) is 0 Å². The van der Waals surface area contributed by atoms with Crippen LogP contribution in [0.2, 0.25) is 0 Å². The average Bonchev–Trinajstić information content (AvgIpc) is 3.87. The molecule has 250 valence electrons. The van der Waals surface area contributed by atoms with Crippen LogP contribution in [-0.4, -0.2) is 19.1 Å². The van der Waals surface area contributed by atoms with E-state index in [9.17, 15) is 0 Å². The van der Waals surface area contributed by atoms with Gasteiger partial charge in [-0.2, -0.15) is 0 Å². The first-order chi connectivity index (χ1) is 26.8. The molecule has 4 heteroatoms. The van der Waals surface area contributed by atoms with Crippen molar-refractivity contribution in [1.29, 1.82) is 0 Å². The zero-order valence-corrected chi connectivity index (χ0v) is 29.1. The molecule has 0 fully saturated rings. The maximum atomic E-state index is 5.24. The highest BCUT2D eigenvalue weighted by atomic mass is 15.0. The predicted octanol–water partition coefficient (Wildman–Crippen LogP) is 12.8. The van der Waals surface area contributed by atoms with E-state index in [4.69, 9.17) is 9.97 Å². The van der Waals surface area contributed by atoms with Gasteiger partial charge in [-0.05, 0) is 95.6 Å². The summed E-state index contributed by atoms with van der Waals surface area (Å²) >= 11 is 0. The number of nitrogens with zero attached hydrogens (tertiary/aromatic N) is 4. The third-order valence-electron chi connectivity index (χ3n) is 11.3. The highest BCUT2D eigenvalue weighted by Gasteiger charge is 2.24. The molecule has 0 saturated carbocycles. The van der Waals surface area contributed by atoms with Crippen LogP contribution in [0.5, 0.6) is 0 Å². The number of fused-ring (bicyclic) bond motifs is 9. The van der Waals surface area contributed by atoms with Gasteiger partial charge >= 0.3 is 0 Å². The SMILES string of the molecule is c1ccc(-n2c3ccccc3c3cc(-c4ccc5c(c4)c4ccc(-c6cc7c8c(cccc8n6)-c6cccnc6-7)cc4n5-c4ccccc4)ccc32)cc1. The molecular weight excluding hydrogens is 657 g/mol. The summed E-state index contributed by atoms with van der Waals surface area (Å²) in [7, 11) is 0. The summed E-state index contributed by atoms with van der Waals surface area (Å²) < 4.78 is 4.76. The second-order valence-corrected chi connectivity index (χ2v) is 14.2. The summed E-state index contributed by atoms with van der Waals surface area (Å²) in [5, 5.41) is 6.12. The Balaban J connectivity index is 1.05. The van der Waals surface area contributed by atoms with Crippen molar-refractivity contribution < 1.29 is 0 Å². The molecule has 0 unspecified atom stereocenters. The van der Waals surface area contributed by atoms with E-state index in [1.165, 1.54) is 71.4 Å². The predicted molar refractivity (Wildman–Crippen MR) is 224 cm³/mol. The lowest BCUT2D eigenvalue weighted by Crippen LogP contribution is -1.94. The van der Waals surface area contributed by atoms with Gasteiger partial charge in [-0.3, -0.25) is 4.98 Å². The molecule has 0 bridgehead atoms. The molecule has 4 aromatic heterocycles. The minimum atomic E-state index is 0.948. The number of aromatic nitrogens is 4. The average molecular weight is 687 g/mol. The largest absolute Gasteiger partial charge is 0.309 e. The molecule has 0 amide bonds. The van der Waals surface area contributed by atoms with Crippen molar-refractivity contribution in [2.45, 2.75) is 0 Å². The van der Waals surface area contributed by atoms with Crippen LogP contribution in [0.15, 0.2) is 182 Å². The zero-order chi connectivity index (χ0) is 35.3. The van der Waals surface area contributed by atoms with Crippen molar-refractivity contribution >= 4 is 54.5 Å². The lowest BCUT2D eigenvalue weighted by Gasteiger charge is -2.10. The van der Waals surface area contributed by atoms with E-state index in [1.807, 2.05) is 12.3 Å². The summed E-state index contributed by atoms with van der Waals surface area (Å²) in [5.41, 5.74) is 17.0. The fourth-order valence-corrected chi connectivity index (χ4v) is 8.91. The third-order valence-corrected chi connectivity index (χ3v) is 11.3. The minimum absolute atomic E-state index is 0.948. The van der Waals surface area contributed by atoms with Crippen LogP contribution >= 0.6 is 0 Å². The van der Waals surface area contributed by atoms with Crippen molar-refractivity contribution in [1.82, 2.24) is 19.1 Å². The Hall–Kier alpha value is -7.30. The molecule has 0 atom stereocenters. The Morgan fingerprint density at radius 2 is 0.981 bits per heavy atom. The summed E-state index contributed by atoms with van der Waals surface area (Å²) in [4.78, 5) is 10.0. The van der Waals surface area contributed by atoms with Crippen LogP contribution in [0.3, 0.4) is 0 Å². The molecule has 7 aromatic carbocycles. The highest BCUT2D eigenvalue weighted by Crippen LogP contribution is 2.47. The first kappa shape index (κ1) is 29.3. The Morgan fingerprint density at radius 3 is 1.72 bits per heavy atom. The van der Waals surface area contributed by atoms with Crippen molar-refractivity contribution in [3.8, 4) is 56.1 Å². The molecule has 54 heavy (non-hydrogen) atoms. The van der Waals surface area contributed by atoms with Crippen molar-refractivity contribution in [2.75, 3.05) is 0 Å². The monoisotopic (exact) mass is 686 g/mol. The molecule has 12 rings (SSSR count). The van der Waals surface area contributed by atoms with Crippen molar-refractivity contribution in [3.63, 3.8) is 0 Å². The smallest absolute Gasteiger partial charge is 0.0788 e. The summed E-state index contributed by atoms with van der Waals surface area (Å²) in [6.07, 6.45) is 1.89. The van der Waals surface area contributed by atoms with E-state index < -0.39 is 0 Å². The molecule has 0 saturated heterocycles. The van der Waals surface area contributed by atoms with Crippen LogP contribution in [0.1, 0.15) is 0 Å². The van der Waals surface area contributed by atoms with Crippen LogP contribution in [-0.2, 0) is 0 Å². The van der Waals surface area contributed by atoms with Gasteiger partial charge in [-0.25, -0.2) is 4.98 Å². The minimum Gasteiger partial charge on any atom is -0.309 e. The van der Waals surface area contributed by atoms with E-state index in [1.54, 1.807) is 0 Å². The summed E-state index contributed by atoms with van der Waals surface area (Å²) in [6.45, 7) is 0. The number of pyridine rings is 2. The van der Waals surface area contributed by atoms with E-state index in [0.717, 1.165) is 39.2 Å². The first-order valence-corrected chi connectivity index (χ1v) is 18.4. The van der Waals surface area contributed by atoms with Crippen molar-refractivity contribution in [3.05, 3.63) is 182 Å². The highest BCUT2D eigenvalue weighted by molar-refractivity contribution is 6.15. The third kappa shape index (κ3) is 4.13. The van der Waals surface area contributed by atoms with Crippen LogP contribution in [0.25, 0.3) is 111 Å². The maximum absolute atomic E-state index is 5.24. The number of para-hydroxylation sites is 3. The fourth-order valence-electron chi connectivity index (χ4n) is 8.91. The number of hydrogen-bond donors (Lipinski definition) is 0. The van der Waals surface area contributed by atoms with Crippen LogP contribution in [0, 0.1) is 0 Å². The van der Waals surface area contributed by atoms with E-state index in [0.29, 0.717) is 0 Å². The van der Waals surface area contributed by atoms with E-state index in [2.05, 4.69) is 179 Å². The quantitative estimate of drug-likeness (QED) is 0.185. The molecule has 0 aliphatic heterocycles. The molecule has 4 nitrogen and oxygen atoms in total. The van der Waals surface area contributed by atoms with Gasteiger partial charge in [0.15, 0.2) is 0 Å². The van der Waals surface area contributed by atoms with Gasteiger partial charge in [0.1, 0.15) is 0 Å². The Bertz CT molecular complexity index is 3320. The van der Waals surface area contributed by atoms with Crippen LogP contribution in [0.4, 0.5) is 0 Å². The van der Waals surface area contributed by atoms with E-state index in [-0.39, 0.29) is 0 Å². The molecule has 1 aliphatic carbocycles. The standard InChI is InChI=1S/C50H30N4/c1-3-11-34(12-4-1)53-45-19-8-7-15-36(45)40-27-31(21-24-46(40)53)32-22-25-47-41(28-32)37-23-20-33(29-48(37)54(47)35-13-5-2-6-14-35)44-30-42-49-38(16-9-18-43(49)52-44)39-17-10-26-51-50(39)42/h1-30H. The van der Waals surface area contributed by atoms with Gasteiger partial charge in [-0.1, -0.05) is 97.1 Å². The summed E-state index contributed by atoms with van der Waals surface area (Å²) in [5.74, 6) is 0. The van der Waals surface area contributed by atoms with Gasteiger partial charge in [0.25, 0.3) is 0 Å². The fraction of sp³-hybridized carbons (Fsp3) is 0. The molecule has 1 aliphatic rings. The molecule has 0 spiro atoms. The zero-order valence-electron chi connectivity index (χ0n) is 29.1. The van der Waals surface area contributed by atoms with Gasteiger partial charge in [0.2, 0.25) is 0 Å². The molecular formula is C50H30N4.